The molecular formula is C18H22N6O2. The average Bonchev–Trinajstić information content (AvgIpc) is 3.13. The summed E-state index contributed by atoms with van der Waals surface area (Å²) >= 11 is 0. The zero-order valence-electron chi connectivity index (χ0n) is 14.8. The highest BCUT2D eigenvalue weighted by molar-refractivity contribution is 5.68. The van der Waals surface area contributed by atoms with E-state index in [0.29, 0.717) is 38.7 Å². The van der Waals surface area contributed by atoms with Gasteiger partial charge >= 0.3 is 6.09 Å². The summed E-state index contributed by atoms with van der Waals surface area (Å²) in [5.74, 6) is 1.42. The van der Waals surface area contributed by atoms with Crippen molar-refractivity contribution in [1.82, 2.24) is 20.1 Å². The van der Waals surface area contributed by atoms with E-state index in [1.54, 1.807) is 11.1 Å². The molecule has 0 unspecified atom stereocenters. The first-order valence-corrected chi connectivity index (χ1v) is 8.98. The van der Waals surface area contributed by atoms with Crippen LogP contribution in [0, 0.1) is 0 Å². The van der Waals surface area contributed by atoms with Gasteiger partial charge in [0.2, 0.25) is 0 Å². The van der Waals surface area contributed by atoms with E-state index < -0.39 is 0 Å². The molecule has 2 aliphatic heterocycles. The predicted octanol–water partition coefficient (Wildman–Crippen LogP) is 1.84. The zero-order valence-corrected chi connectivity index (χ0v) is 14.8. The third kappa shape index (κ3) is 3.14. The van der Waals surface area contributed by atoms with Crippen LogP contribution in [0.25, 0.3) is 0 Å². The van der Waals surface area contributed by atoms with E-state index in [2.05, 4.69) is 38.2 Å². The lowest BCUT2D eigenvalue weighted by atomic mass is 10.2. The lowest BCUT2D eigenvalue weighted by Crippen LogP contribution is -2.49. The number of ether oxygens (including phenoxy) is 1. The number of amides is 1. The first-order chi connectivity index (χ1) is 12.8. The molecule has 8 heteroatoms. The Labute approximate surface area is 152 Å². The number of aromatic nitrogens is 3. The van der Waals surface area contributed by atoms with Gasteiger partial charge in [0.15, 0.2) is 5.82 Å². The second kappa shape index (κ2) is 7.15. The molecule has 0 atom stereocenters. The van der Waals surface area contributed by atoms with Gasteiger partial charge in [-0.15, -0.1) is 5.10 Å². The second-order valence-electron chi connectivity index (χ2n) is 6.32. The van der Waals surface area contributed by atoms with Crippen LogP contribution >= 0.6 is 0 Å². The Morgan fingerprint density at radius 2 is 1.96 bits per heavy atom. The van der Waals surface area contributed by atoms with E-state index in [4.69, 9.17) is 9.72 Å². The fraction of sp³-hybridized carbons (Fsp3) is 0.444. The molecule has 1 saturated heterocycles. The third-order valence-electron chi connectivity index (χ3n) is 4.79. The van der Waals surface area contributed by atoms with Crippen LogP contribution in [0.5, 0.6) is 0 Å². The predicted molar refractivity (Wildman–Crippen MR) is 97.8 cm³/mol. The minimum Gasteiger partial charge on any atom is -0.450 e. The number of anilines is 3. The van der Waals surface area contributed by atoms with E-state index in [9.17, 15) is 4.79 Å². The number of para-hydroxylation sites is 1. The van der Waals surface area contributed by atoms with Crippen LogP contribution in [-0.4, -0.2) is 65.5 Å². The molecule has 1 aromatic carbocycles. The lowest BCUT2D eigenvalue weighted by Gasteiger charge is -2.34. The maximum atomic E-state index is 11.8. The molecule has 2 aliphatic rings. The molecule has 1 amide bonds. The summed E-state index contributed by atoms with van der Waals surface area (Å²) in [5, 5.41) is 8.40. The molecule has 4 rings (SSSR count). The average molecular weight is 354 g/mol. The Morgan fingerprint density at radius 1 is 1.15 bits per heavy atom. The van der Waals surface area contributed by atoms with E-state index in [1.165, 1.54) is 5.56 Å². The summed E-state index contributed by atoms with van der Waals surface area (Å²) in [5.41, 5.74) is 2.46. The highest BCUT2D eigenvalue weighted by atomic mass is 16.6. The molecule has 0 saturated carbocycles. The van der Waals surface area contributed by atoms with Crippen molar-refractivity contribution in [1.29, 1.82) is 0 Å². The number of carbonyl (C=O) groups excluding carboxylic acids is 1. The normalized spacial score (nSPS) is 16.6. The number of hydrogen-bond acceptors (Lipinski definition) is 7. The third-order valence-corrected chi connectivity index (χ3v) is 4.79. The van der Waals surface area contributed by atoms with Crippen LogP contribution in [0.15, 0.2) is 30.5 Å². The molecule has 3 heterocycles. The van der Waals surface area contributed by atoms with E-state index in [-0.39, 0.29) is 6.09 Å². The van der Waals surface area contributed by atoms with Crippen molar-refractivity contribution in [3.05, 3.63) is 36.0 Å². The fourth-order valence-electron chi connectivity index (χ4n) is 3.43. The number of benzene rings is 1. The van der Waals surface area contributed by atoms with Crippen molar-refractivity contribution in [3.8, 4) is 0 Å². The van der Waals surface area contributed by atoms with Crippen LogP contribution in [0.2, 0.25) is 0 Å². The molecule has 26 heavy (non-hydrogen) atoms. The summed E-state index contributed by atoms with van der Waals surface area (Å²) in [6.45, 7) is 5.71. The van der Waals surface area contributed by atoms with Gasteiger partial charge in [-0.3, -0.25) is 0 Å². The number of carbonyl (C=O) groups is 1. The molecule has 0 aliphatic carbocycles. The largest absolute Gasteiger partial charge is 0.450 e. The van der Waals surface area contributed by atoms with Gasteiger partial charge in [0.05, 0.1) is 12.8 Å². The maximum absolute atomic E-state index is 11.8. The highest BCUT2D eigenvalue weighted by Gasteiger charge is 2.25. The number of nitrogens with zero attached hydrogens (tertiary/aromatic N) is 6. The molecule has 1 fully saturated rings. The van der Waals surface area contributed by atoms with Crippen LogP contribution in [-0.2, 0) is 11.2 Å². The van der Waals surface area contributed by atoms with Crippen molar-refractivity contribution in [2.45, 2.75) is 13.3 Å². The van der Waals surface area contributed by atoms with Crippen LogP contribution < -0.4 is 9.80 Å². The van der Waals surface area contributed by atoms with Gasteiger partial charge in [-0.2, -0.15) is 10.1 Å². The van der Waals surface area contributed by atoms with E-state index >= 15 is 0 Å². The Balaban J connectivity index is 1.47. The topological polar surface area (TPSA) is 74.7 Å². The Kier molecular flexibility index (Phi) is 4.55. The summed E-state index contributed by atoms with van der Waals surface area (Å²) in [4.78, 5) is 22.5. The Morgan fingerprint density at radius 3 is 2.77 bits per heavy atom. The van der Waals surface area contributed by atoms with Gasteiger partial charge in [0, 0.05) is 38.4 Å². The molecule has 0 N–H and O–H groups in total. The highest BCUT2D eigenvalue weighted by Crippen LogP contribution is 2.32. The monoisotopic (exact) mass is 354 g/mol. The van der Waals surface area contributed by atoms with Gasteiger partial charge in [-0.05, 0) is 25.0 Å². The number of hydrogen-bond donors (Lipinski definition) is 0. The summed E-state index contributed by atoms with van der Waals surface area (Å²) in [7, 11) is 0. The van der Waals surface area contributed by atoms with Gasteiger partial charge in [0.25, 0.3) is 5.95 Å². The Hall–Kier alpha value is -2.90. The molecule has 1 aromatic heterocycles. The maximum Gasteiger partial charge on any atom is 0.409 e. The minimum atomic E-state index is -0.248. The minimum absolute atomic E-state index is 0.248. The van der Waals surface area contributed by atoms with E-state index in [1.807, 2.05) is 13.0 Å². The number of piperazine rings is 1. The van der Waals surface area contributed by atoms with Gasteiger partial charge < -0.3 is 19.4 Å². The van der Waals surface area contributed by atoms with Crippen molar-refractivity contribution >= 4 is 23.5 Å². The molecule has 136 valence electrons. The molecule has 0 spiro atoms. The van der Waals surface area contributed by atoms with Crippen LogP contribution in [0.4, 0.5) is 22.2 Å². The van der Waals surface area contributed by atoms with E-state index in [0.717, 1.165) is 24.5 Å². The first kappa shape index (κ1) is 16.6. The van der Waals surface area contributed by atoms with Crippen molar-refractivity contribution in [2.24, 2.45) is 0 Å². The molecule has 8 nitrogen and oxygen atoms in total. The van der Waals surface area contributed by atoms with Crippen molar-refractivity contribution in [3.63, 3.8) is 0 Å². The Bertz CT molecular complexity index is 791. The summed E-state index contributed by atoms with van der Waals surface area (Å²) in [6.07, 6.45) is 2.43. The van der Waals surface area contributed by atoms with Gasteiger partial charge in [0.1, 0.15) is 0 Å². The number of rotatable bonds is 3. The number of fused-ring (bicyclic) bond motifs is 1. The van der Waals surface area contributed by atoms with Crippen LogP contribution in [0.1, 0.15) is 12.5 Å². The fourth-order valence-corrected chi connectivity index (χ4v) is 3.43. The zero-order chi connectivity index (χ0) is 17.9. The summed E-state index contributed by atoms with van der Waals surface area (Å²) in [6, 6.07) is 8.32. The molecule has 0 radical (unpaired) electrons. The van der Waals surface area contributed by atoms with Crippen molar-refractivity contribution in [2.75, 3.05) is 49.1 Å². The van der Waals surface area contributed by atoms with Gasteiger partial charge in [-0.1, -0.05) is 18.2 Å². The quantitative estimate of drug-likeness (QED) is 0.832. The SMILES string of the molecule is CCOC(=O)N1CCN(c2cnnc(N3CCc4ccccc43)n2)CC1. The molecular weight excluding hydrogens is 332 g/mol. The van der Waals surface area contributed by atoms with Crippen LogP contribution in [0.3, 0.4) is 0 Å². The molecule has 0 bridgehead atoms. The van der Waals surface area contributed by atoms with Crippen molar-refractivity contribution < 1.29 is 9.53 Å². The summed E-state index contributed by atoms with van der Waals surface area (Å²) < 4.78 is 5.07. The lowest BCUT2D eigenvalue weighted by molar-refractivity contribution is 0.105. The molecule has 2 aromatic rings. The second-order valence-corrected chi connectivity index (χ2v) is 6.32. The van der Waals surface area contributed by atoms with Gasteiger partial charge in [-0.25, -0.2) is 4.79 Å². The standard InChI is InChI=1S/C18H22N6O2/c1-2-26-18(25)23-11-9-22(10-12-23)16-13-19-21-17(20-16)24-8-7-14-5-3-4-6-15(14)24/h3-6,13H,2,7-12H2,1H3. The first-order valence-electron chi connectivity index (χ1n) is 8.98. The smallest absolute Gasteiger partial charge is 0.409 e.